The van der Waals surface area contributed by atoms with E-state index in [2.05, 4.69) is 15.0 Å². The summed E-state index contributed by atoms with van der Waals surface area (Å²) in [6.45, 7) is 3.94. The normalized spacial score (nSPS) is 23.8. The Kier molecular flexibility index (Phi) is 3.72. The van der Waals surface area contributed by atoms with Crippen molar-refractivity contribution in [1.82, 2.24) is 14.5 Å². The molecule has 0 amide bonds. The summed E-state index contributed by atoms with van der Waals surface area (Å²) in [4.78, 5) is 1.78. The maximum absolute atomic E-state index is 13.0. The molecule has 0 aromatic carbocycles. The van der Waals surface area contributed by atoms with Gasteiger partial charge in [-0.15, -0.1) is 5.10 Å². The summed E-state index contributed by atoms with van der Waals surface area (Å²) in [7, 11) is 0. The highest BCUT2D eigenvalue weighted by molar-refractivity contribution is 7.10. The Morgan fingerprint density at radius 1 is 1.53 bits per heavy atom. The van der Waals surface area contributed by atoms with Gasteiger partial charge in [-0.25, -0.2) is 5.84 Å². The first-order valence-electron chi connectivity index (χ1n) is 5.86. The topological polar surface area (TPSA) is 67.1 Å². The number of likely N-dealkylation sites (tertiary alicyclic amines) is 1. The number of nitrogens with one attached hydrogen (secondary N) is 1. The lowest BCUT2D eigenvalue weighted by Gasteiger charge is -2.36. The van der Waals surface area contributed by atoms with Gasteiger partial charge in [-0.2, -0.15) is 13.2 Å². The maximum atomic E-state index is 13.0. The fraction of sp³-hybridized carbons (Fsp3) is 0.800. The Balaban J connectivity index is 2.15. The molecule has 108 valence electrons. The molecule has 0 spiro atoms. The molecule has 3 N–H and O–H groups in total. The largest absolute Gasteiger partial charge is 0.393 e. The summed E-state index contributed by atoms with van der Waals surface area (Å²) in [6, 6.07) is 0. The number of nitrogens with two attached hydrogens (primary N) is 1. The predicted octanol–water partition coefficient (Wildman–Crippen LogP) is 1.99. The molecule has 1 aliphatic rings. The number of halogens is 3. The van der Waals surface area contributed by atoms with Crippen LogP contribution >= 0.6 is 11.5 Å². The van der Waals surface area contributed by atoms with Crippen molar-refractivity contribution in [3.8, 4) is 0 Å². The molecule has 2 rings (SSSR count). The maximum Gasteiger partial charge on any atom is 0.393 e. The van der Waals surface area contributed by atoms with E-state index in [4.69, 9.17) is 5.84 Å². The third kappa shape index (κ3) is 2.67. The third-order valence-electron chi connectivity index (χ3n) is 3.78. The second-order valence-corrected chi connectivity index (χ2v) is 5.91. The Morgan fingerprint density at radius 3 is 2.74 bits per heavy atom. The smallest absolute Gasteiger partial charge is 0.313 e. The van der Waals surface area contributed by atoms with Gasteiger partial charge in [0, 0.05) is 23.6 Å². The zero-order chi connectivity index (χ0) is 14.3. The highest BCUT2D eigenvalue weighted by atomic mass is 32.1. The number of rotatable bonds is 3. The van der Waals surface area contributed by atoms with Crippen LogP contribution in [0.5, 0.6) is 0 Å². The minimum absolute atomic E-state index is 0.111. The Labute approximate surface area is 113 Å². The van der Waals surface area contributed by atoms with Crippen molar-refractivity contribution in [2.45, 2.75) is 38.5 Å². The predicted molar refractivity (Wildman–Crippen MR) is 66.4 cm³/mol. The van der Waals surface area contributed by atoms with E-state index in [0.29, 0.717) is 23.8 Å². The Morgan fingerprint density at radius 2 is 2.21 bits per heavy atom. The van der Waals surface area contributed by atoms with Crippen molar-refractivity contribution in [1.29, 1.82) is 0 Å². The first kappa shape index (κ1) is 14.5. The zero-order valence-electron chi connectivity index (χ0n) is 10.7. The molecule has 1 aliphatic heterocycles. The molecule has 0 radical (unpaired) electrons. The number of alkyl halides is 3. The molecule has 19 heavy (non-hydrogen) atoms. The molecular weight excluding hydrogens is 279 g/mol. The average Bonchev–Trinajstić information content (AvgIpc) is 2.83. The second kappa shape index (κ2) is 4.88. The van der Waals surface area contributed by atoms with Gasteiger partial charge < -0.3 is 5.43 Å². The number of nitrogen functional groups attached to an aromatic ring is 1. The van der Waals surface area contributed by atoms with Crippen molar-refractivity contribution >= 4 is 16.5 Å². The minimum atomic E-state index is -4.17. The molecule has 1 aromatic heterocycles. The summed E-state index contributed by atoms with van der Waals surface area (Å²) in [5, 5.41) is 4.50. The fourth-order valence-electron chi connectivity index (χ4n) is 2.60. The highest BCUT2D eigenvalue weighted by Gasteiger charge is 2.54. The van der Waals surface area contributed by atoms with Gasteiger partial charge in [-0.3, -0.25) is 4.90 Å². The molecule has 0 aliphatic carbocycles. The first-order valence-corrected chi connectivity index (χ1v) is 6.63. The fourth-order valence-corrected chi connectivity index (χ4v) is 3.08. The van der Waals surface area contributed by atoms with E-state index in [1.165, 1.54) is 0 Å². The van der Waals surface area contributed by atoms with Crippen LogP contribution in [-0.2, 0) is 6.54 Å². The SMILES string of the molecule is CC1(C)C(C(F)(F)F)CCN1Cc1nnsc1NN. The standard InChI is InChI=1S/C10H16F3N5S/c1-9(2)7(10(11,12)13)3-4-18(9)5-6-8(15-14)19-17-16-6/h7,15H,3-5,14H2,1-2H3. The molecule has 1 saturated heterocycles. The molecule has 2 heterocycles. The van der Waals surface area contributed by atoms with E-state index in [1.807, 2.05) is 0 Å². The Hall–Kier alpha value is -0.930. The van der Waals surface area contributed by atoms with Crippen LogP contribution in [-0.4, -0.2) is 32.7 Å². The van der Waals surface area contributed by atoms with Gasteiger partial charge in [0.15, 0.2) is 0 Å². The monoisotopic (exact) mass is 295 g/mol. The lowest BCUT2D eigenvalue weighted by atomic mass is 9.88. The number of nitrogens with zero attached hydrogens (tertiary/aromatic N) is 3. The van der Waals surface area contributed by atoms with E-state index >= 15 is 0 Å². The van der Waals surface area contributed by atoms with Crippen LogP contribution in [0.2, 0.25) is 0 Å². The second-order valence-electron chi connectivity index (χ2n) is 5.15. The van der Waals surface area contributed by atoms with Gasteiger partial charge in [0.25, 0.3) is 0 Å². The summed E-state index contributed by atoms with van der Waals surface area (Å²) >= 11 is 1.09. The minimum Gasteiger partial charge on any atom is -0.313 e. The number of hydrogen-bond acceptors (Lipinski definition) is 6. The van der Waals surface area contributed by atoms with Crippen molar-refractivity contribution in [2.24, 2.45) is 11.8 Å². The number of hydrogen-bond donors (Lipinski definition) is 2. The van der Waals surface area contributed by atoms with Gasteiger partial charge in [0.1, 0.15) is 10.7 Å². The molecule has 0 bridgehead atoms. The van der Waals surface area contributed by atoms with Crippen LogP contribution < -0.4 is 11.3 Å². The van der Waals surface area contributed by atoms with Crippen LogP contribution in [0.1, 0.15) is 26.0 Å². The van der Waals surface area contributed by atoms with Gasteiger partial charge in [-0.05, 0) is 26.8 Å². The van der Waals surface area contributed by atoms with E-state index in [9.17, 15) is 13.2 Å². The van der Waals surface area contributed by atoms with E-state index in [-0.39, 0.29) is 6.42 Å². The molecule has 1 atom stereocenters. The van der Waals surface area contributed by atoms with Crippen molar-refractivity contribution in [2.75, 3.05) is 12.0 Å². The zero-order valence-corrected chi connectivity index (χ0v) is 11.5. The van der Waals surface area contributed by atoms with Crippen molar-refractivity contribution < 1.29 is 13.2 Å². The number of aromatic nitrogens is 2. The number of hydrazine groups is 1. The van der Waals surface area contributed by atoms with Crippen LogP contribution in [0, 0.1) is 5.92 Å². The lowest BCUT2D eigenvalue weighted by molar-refractivity contribution is -0.192. The molecular formula is C10H16F3N5S. The summed E-state index contributed by atoms with van der Waals surface area (Å²) in [6.07, 6.45) is -4.06. The molecule has 1 aromatic rings. The van der Waals surface area contributed by atoms with Gasteiger partial charge in [-0.1, -0.05) is 4.49 Å². The van der Waals surface area contributed by atoms with Crippen LogP contribution in [0.25, 0.3) is 0 Å². The quantitative estimate of drug-likeness (QED) is 0.659. The molecule has 1 unspecified atom stereocenters. The summed E-state index contributed by atoms with van der Waals surface area (Å²) in [5.74, 6) is 4.00. The molecule has 0 saturated carbocycles. The van der Waals surface area contributed by atoms with Crippen LogP contribution in [0.4, 0.5) is 18.2 Å². The van der Waals surface area contributed by atoms with Crippen molar-refractivity contribution in [3.05, 3.63) is 5.69 Å². The van der Waals surface area contributed by atoms with Crippen LogP contribution in [0.15, 0.2) is 0 Å². The summed E-state index contributed by atoms with van der Waals surface area (Å²) < 4.78 is 42.7. The Bertz CT molecular complexity index is 445. The van der Waals surface area contributed by atoms with E-state index in [1.54, 1.807) is 18.7 Å². The summed E-state index contributed by atoms with van der Waals surface area (Å²) in [5.41, 5.74) is 2.10. The van der Waals surface area contributed by atoms with Gasteiger partial charge in [0.2, 0.25) is 0 Å². The molecule has 9 heteroatoms. The highest BCUT2D eigenvalue weighted by Crippen LogP contribution is 2.45. The van der Waals surface area contributed by atoms with Gasteiger partial charge >= 0.3 is 6.18 Å². The first-order chi connectivity index (χ1) is 8.76. The van der Waals surface area contributed by atoms with Crippen molar-refractivity contribution in [3.63, 3.8) is 0 Å². The lowest BCUT2D eigenvalue weighted by Crippen LogP contribution is -2.46. The molecule has 1 fully saturated rings. The molecule has 5 nitrogen and oxygen atoms in total. The van der Waals surface area contributed by atoms with Gasteiger partial charge in [0.05, 0.1) is 5.92 Å². The van der Waals surface area contributed by atoms with E-state index in [0.717, 1.165) is 11.5 Å². The number of anilines is 1. The van der Waals surface area contributed by atoms with Crippen LogP contribution in [0.3, 0.4) is 0 Å². The van der Waals surface area contributed by atoms with E-state index < -0.39 is 17.6 Å². The average molecular weight is 295 g/mol. The third-order valence-corrected chi connectivity index (χ3v) is 4.48.